The summed E-state index contributed by atoms with van der Waals surface area (Å²) >= 11 is 0. The van der Waals surface area contributed by atoms with Crippen LogP contribution in [-0.4, -0.2) is 0 Å². The molecule has 6 rings (SSSR count). The molecule has 0 atom stereocenters. The summed E-state index contributed by atoms with van der Waals surface area (Å²) in [6.07, 6.45) is 0. The Kier molecular flexibility index (Phi) is 12.2. The molecule has 0 nitrogen and oxygen atoms in total. The van der Waals surface area contributed by atoms with Gasteiger partial charge in [0.05, 0.1) is 0 Å². The Morgan fingerprint density at radius 1 is 0.421 bits per heavy atom. The molecule has 0 fully saturated rings. The molecule has 0 N–H and O–H groups in total. The molecular formula is C34H29ClFeP2-6. The van der Waals surface area contributed by atoms with Crippen molar-refractivity contribution >= 4 is 60.1 Å². The van der Waals surface area contributed by atoms with E-state index >= 15 is 0 Å². The minimum absolute atomic E-state index is 0. The molecule has 0 aliphatic rings. The van der Waals surface area contributed by atoms with Gasteiger partial charge in [0.1, 0.15) is 0 Å². The van der Waals surface area contributed by atoms with Crippen LogP contribution in [0.3, 0.4) is 0 Å². The molecule has 0 unspecified atom stereocenters. The molecule has 38 heavy (non-hydrogen) atoms. The third-order valence-corrected chi connectivity index (χ3v) is 10.8. The summed E-state index contributed by atoms with van der Waals surface area (Å²) in [6.45, 7) is 0. The van der Waals surface area contributed by atoms with Gasteiger partial charge in [0.15, 0.2) is 0 Å². The van der Waals surface area contributed by atoms with Gasteiger partial charge >= 0.3 is 0 Å². The zero-order valence-corrected chi connectivity index (χ0v) is 24.5. The van der Waals surface area contributed by atoms with Gasteiger partial charge in [0.25, 0.3) is 0 Å². The summed E-state index contributed by atoms with van der Waals surface area (Å²) in [5.74, 6) is 0. The Bertz CT molecular complexity index is 1210. The molecule has 196 valence electrons. The standard InChI is InChI=1S/2C17H14P.ClH.Fe/c2*1-3-9-15(10-4-1)18(17-13-7-8-14-17)16-11-5-2-6-12-16;;/h2*1-14H;1H;/q-5;-1;;. The van der Waals surface area contributed by atoms with E-state index in [2.05, 4.69) is 170 Å². The van der Waals surface area contributed by atoms with E-state index < -0.39 is 15.8 Å². The number of benzene rings is 4. The molecule has 0 spiro atoms. The second kappa shape index (κ2) is 15.6. The molecule has 6 aromatic rings. The van der Waals surface area contributed by atoms with Crippen molar-refractivity contribution in [2.24, 2.45) is 0 Å². The first-order valence-corrected chi connectivity index (χ1v) is 14.8. The summed E-state index contributed by atoms with van der Waals surface area (Å²) < 4.78 is 0. The number of halogens is 1. The van der Waals surface area contributed by atoms with Crippen LogP contribution in [0.5, 0.6) is 0 Å². The average molecular weight is 591 g/mol. The summed E-state index contributed by atoms with van der Waals surface area (Å²) in [7, 11) is -0.818. The smallest absolute Gasteiger partial charge is 0 e. The molecule has 0 aromatic heterocycles. The van der Waals surface area contributed by atoms with E-state index in [-0.39, 0.29) is 29.5 Å². The Labute approximate surface area is 245 Å². The first kappa shape index (κ1) is 29.8. The van der Waals surface area contributed by atoms with Gasteiger partial charge in [0.2, 0.25) is 0 Å². The molecule has 0 amide bonds. The minimum atomic E-state index is -0.409. The van der Waals surface area contributed by atoms with Crippen LogP contribution in [-0.2, 0) is 17.1 Å². The zero-order valence-electron chi connectivity index (χ0n) is 20.8. The number of hydrogen-bond donors (Lipinski definition) is 0. The molecule has 0 radical (unpaired) electrons. The molecule has 0 aliphatic heterocycles. The first-order valence-electron chi connectivity index (χ1n) is 12.1. The monoisotopic (exact) mass is 590 g/mol. The summed E-state index contributed by atoms with van der Waals surface area (Å²) in [5.41, 5.74) is 0. The Balaban J connectivity index is 0.000000200. The van der Waals surface area contributed by atoms with E-state index in [1.165, 1.54) is 31.8 Å². The van der Waals surface area contributed by atoms with Crippen LogP contribution in [0.15, 0.2) is 170 Å². The molecule has 0 bridgehead atoms. The molecule has 0 saturated heterocycles. The second-order valence-corrected chi connectivity index (χ2v) is 12.7. The molecule has 0 aliphatic carbocycles. The van der Waals surface area contributed by atoms with Crippen molar-refractivity contribution in [1.82, 2.24) is 0 Å². The van der Waals surface area contributed by atoms with E-state index in [4.69, 9.17) is 0 Å². The van der Waals surface area contributed by atoms with E-state index in [1.807, 2.05) is 0 Å². The van der Waals surface area contributed by atoms with Gasteiger partial charge in [-0.15, -0.1) is 17.7 Å². The van der Waals surface area contributed by atoms with Crippen molar-refractivity contribution < 1.29 is 17.1 Å². The Morgan fingerprint density at radius 3 is 1.08 bits per heavy atom. The normalized spacial score (nSPS) is 10.2. The maximum Gasteiger partial charge on any atom is 0 e. The van der Waals surface area contributed by atoms with Crippen LogP contribution in [0.1, 0.15) is 0 Å². The number of rotatable bonds is 6. The largest absolute Gasteiger partial charge is 0.747 e. The van der Waals surface area contributed by atoms with Gasteiger partial charge < -0.3 is 29.6 Å². The minimum Gasteiger partial charge on any atom is -0.747 e. The number of hydrogen-bond acceptors (Lipinski definition) is 0. The molecule has 0 heterocycles. The summed E-state index contributed by atoms with van der Waals surface area (Å²) in [6, 6.07) is 60.5. The summed E-state index contributed by atoms with van der Waals surface area (Å²) in [4.78, 5) is 0. The van der Waals surface area contributed by atoms with Crippen molar-refractivity contribution in [2.45, 2.75) is 0 Å². The Hall–Kier alpha value is -2.75. The maximum absolute atomic E-state index is 2.23. The average Bonchev–Trinajstić information content (AvgIpc) is 3.68. The SMILES string of the molecule is Cl.[Fe].c1ccc(P(c2ccccc2)[c-]2[cH-][cH-][cH-][cH-]2)cc1.c1ccc(P(c2ccccc2)[c-]2cccc2)cc1. The predicted octanol–water partition coefficient (Wildman–Crippen LogP) is 6.75. The maximum atomic E-state index is 2.23. The molecular weight excluding hydrogens is 562 g/mol. The third kappa shape index (κ3) is 7.65. The predicted molar refractivity (Wildman–Crippen MR) is 169 cm³/mol. The van der Waals surface area contributed by atoms with Gasteiger partial charge in [-0.2, -0.15) is 12.1 Å². The fourth-order valence-electron chi connectivity index (χ4n) is 4.23. The molecule has 0 saturated carbocycles. The van der Waals surface area contributed by atoms with E-state index in [0.29, 0.717) is 0 Å². The van der Waals surface area contributed by atoms with Crippen molar-refractivity contribution in [3.8, 4) is 0 Å². The summed E-state index contributed by atoms with van der Waals surface area (Å²) in [5, 5.41) is 8.47. The van der Waals surface area contributed by atoms with Crippen LogP contribution < -0.4 is 31.8 Å². The topological polar surface area (TPSA) is 0 Å². The van der Waals surface area contributed by atoms with Crippen molar-refractivity contribution in [1.29, 1.82) is 0 Å². The van der Waals surface area contributed by atoms with Gasteiger partial charge in [-0.25, -0.2) is 20.1 Å². The van der Waals surface area contributed by atoms with Gasteiger partial charge in [-0.3, -0.25) is 0 Å². The van der Waals surface area contributed by atoms with Gasteiger partial charge in [-0.05, 0) is 10.6 Å². The molecule has 4 heteroatoms. The van der Waals surface area contributed by atoms with Crippen molar-refractivity contribution in [2.75, 3.05) is 0 Å². The first-order chi connectivity index (χ1) is 17.9. The zero-order chi connectivity index (χ0) is 24.4. The molecule has 6 aromatic carbocycles. The van der Waals surface area contributed by atoms with E-state index in [9.17, 15) is 0 Å². The fourth-order valence-corrected chi connectivity index (χ4v) is 8.84. The second-order valence-electron chi connectivity index (χ2n) is 8.30. The van der Waals surface area contributed by atoms with E-state index in [1.54, 1.807) is 0 Å². The fraction of sp³-hybridized carbons (Fsp3) is 0. The van der Waals surface area contributed by atoms with Crippen LogP contribution in [0.4, 0.5) is 0 Å². The quantitative estimate of drug-likeness (QED) is 0.114. The van der Waals surface area contributed by atoms with Crippen molar-refractivity contribution in [3.05, 3.63) is 170 Å². The van der Waals surface area contributed by atoms with Crippen LogP contribution in [0.25, 0.3) is 0 Å². The van der Waals surface area contributed by atoms with Gasteiger partial charge in [0, 0.05) is 17.1 Å². The van der Waals surface area contributed by atoms with Gasteiger partial charge in [-0.1, -0.05) is 140 Å². The third-order valence-electron chi connectivity index (χ3n) is 5.86. The van der Waals surface area contributed by atoms with Crippen LogP contribution >= 0.6 is 28.3 Å². The van der Waals surface area contributed by atoms with Crippen LogP contribution in [0.2, 0.25) is 0 Å². The van der Waals surface area contributed by atoms with Crippen molar-refractivity contribution in [3.63, 3.8) is 0 Å². The Morgan fingerprint density at radius 2 is 0.737 bits per heavy atom. The van der Waals surface area contributed by atoms with E-state index in [0.717, 1.165) is 0 Å². The van der Waals surface area contributed by atoms with Crippen LogP contribution in [0, 0.1) is 0 Å².